The highest BCUT2D eigenvalue weighted by Gasteiger charge is 2.34. The first-order valence-corrected chi connectivity index (χ1v) is 5.59. The lowest BCUT2D eigenvalue weighted by atomic mass is 9.97. The predicted octanol–water partition coefficient (Wildman–Crippen LogP) is 1.44. The van der Waals surface area contributed by atoms with Crippen LogP contribution >= 0.6 is 0 Å². The van der Waals surface area contributed by atoms with Crippen molar-refractivity contribution in [1.29, 1.82) is 0 Å². The lowest BCUT2D eigenvalue weighted by Gasteiger charge is -2.45. The van der Waals surface area contributed by atoms with Gasteiger partial charge in [-0.15, -0.1) is 0 Å². The number of nitrogens with zero attached hydrogens (tertiary/aromatic N) is 4. The molecule has 0 atom stereocenters. The predicted molar refractivity (Wildman–Crippen MR) is 70.6 cm³/mol. The molecule has 0 fully saturated rings. The summed E-state index contributed by atoms with van der Waals surface area (Å²) in [4.78, 5) is 14.2. The number of hydrogen-bond donors (Lipinski definition) is 2. The molecule has 6 heteroatoms. The fourth-order valence-corrected chi connectivity index (χ4v) is 2.10. The quantitative estimate of drug-likeness (QED) is 0.768. The molecule has 0 saturated heterocycles. The van der Waals surface area contributed by atoms with Crippen LogP contribution in [0.3, 0.4) is 0 Å². The Balaban J connectivity index is 3.33. The lowest BCUT2D eigenvalue weighted by molar-refractivity contribution is 0.373. The zero-order chi connectivity index (χ0) is 13.4. The molecule has 0 radical (unpaired) electrons. The highest BCUT2D eigenvalue weighted by atomic mass is 15.4. The molecule has 0 spiro atoms. The van der Waals surface area contributed by atoms with Gasteiger partial charge in [0, 0.05) is 11.1 Å². The van der Waals surface area contributed by atoms with Gasteiger partial charge in [0.05, 0.1) is 0 Å². The summed E-state index contributed by atoms with van der Waals surface area (Å²) in [5.41, 5.74) is 10.9. The monoisotopic (exact) mass is 238 g/mol. The van der Waals surface area contributed by atoms with Crippen molar-refractivity contribution in [3.05, 3.63) is 0 Å². The molecular formula is C11H22N6. The van der Waals surface area contributed by atoms with E-state index in [9.17, 15) is 0 Å². The van der Waals surface area contributed by atoms with E-state index in [4.69, 9.17) is 11.5 Å². The van der Waals surface area contributed by atoms with E-state index >= 15 is 0 Å². The van der Waals surface area contributed by atoms with Crippen LogP contribution in [-0.4, -0.2) is 26.0 Å². The number of hydrogen-bond acceptors (Lipinski definition) is 6. The lowest BCUT2D eigenvalue weighted by Crippen LogP contribution is -2.53. The molecule has 4 N–H and O–H groups in total. The van der Waals surface area contributed by atoms with Gasteiger partial charge in [0.15, 0.2) is 0 Å². The average molecular weight is 238 g/mol. The van der Waals surface area contributed by atoms with Gasteiger partial charge < -0.3 is 16.4 Å². The van der Waals surface area contributed by atoms with E-state index < -0.39 is 0 Å². The summed E-state index contributed by atoms with van der Waals surface area (Å²) in [7, 11) is 0. The van der Waals surface area contributed by atoms with Crippen LogP contribution in [0.2, 0.25) is 0 Å². The summed E-state index contributed by atoms with van der Waals surface area (Å²) in [5, 5.41) is 0. The smallest absolute Gasteiger partial charge is 0.232 e. The summed E-state index contributed by atoms with van der Waals surface area (Å²) < 4.78 is 0. The molecular weight excluding hydrogens is 216 g/mol. The second kappa shape index (κ2) is 4.01. The number of nitrogen functional groups attached to an aromatic ring is 2. The highest BCUT2D eigenvalue weighted by molar-refractivity contribution is 5.44. The molecule has 0 amide bonds. The Morgan fingerprint density at radius 2 is 1.12 bits per heavy atom. The number of anilines is 3. The largest absolute Gasteiger partial charge is 0.368 e. The molecule has 0 aliphatic rings. The molecule has 1 aromatic heterocycles. The Morgan fingerprint density at radius 1 is 0.765 bits per heavy atom. The van der Waals surface area contributed by atoms with Crippen molar-refractivity contribution in [3.8, 4) is 0 Å². The number of aromatic nitrogens is 3. The van der Waals surface area contributed by atoms with Crippen molar-refractivity contribution in [1.82, 2.24) is 15.0 Å². The van der Waals surface area contributed by atoms with Gasteiger partial charge in [0.25, 0.3) is 0 Å². The summed E-state index contributed by atoms with van der Waals surface area (Å²) in [5.74, 6) is 0.798. The molecule has 0 bridgehead atoms. The van der Waals surface area contributed by atoms with E-state index in [1.54, 1.807) is 0 Å². The van der Waals surface area contributed by atoms with Gasteiger partial charge in [-0.05, 0) is 41.5 Å². The Hall–Kier alpha value is -1.59. The van der Waals surface area contributed by atoms with Gasteiger partial charge in [0.2, 0.25) is 17.8 Å². The van der Waals surface area contributed by atoms with E-state index in [1.165, 1.54) is 0 Å². The van der Waals surface area contributed by atoms with E-state index in [0.717, 1.165) is 0 Å². The van der Waals surface area contributed by atoms with Crippen LogP contribution in [-0.2, 0) is 0 Å². The molecule has 0 aromatic carbocycles. The normalized spacial score (nSPS) is 12.6. The maximum absolute atomic E-state index is 5.61. The van der Waals surface area contributed by atoms with Crippen molar-refractivity contribution in [2.24, 2.45) is 0 Å². The van der Waals surface area contributed by atoms with Gasteiger partial charge in [-0.25, -0.2) is 0 Å². The molecule has 1 rings (SSSR count). The number of nitrogens with two attached hydrogens (primary N) is 2. The van der Waals surface area contributed by atoms with Crippen molar-refractivity contribution in [3.63, 3.8) is 0 Å². The van der Waals surface area contributed by atoms with Crippen molar-refractivity contribution >= 4 is 17.8 Å². The van der Waals surface area contributed by atoms with E-state index in [-0.39, 0.29) is 23.0 Å². The molecule has 0 saturated carbocycles. The van der Waals surface area contributed by atoms with Crippen LogP contribution in [0, 0.1) is 0 Å². The first-order chi connectivity index (χ1) is 7.51. The third-order valence-corrected chi connectivity index (χ3v) is 2.20. The zero-order valence-electron chi connectivity index (χ0n) is 11.4. The Bertz CT molecular complexity index is 367. The fraction of sp³-hybridized carbons (Fsp3) is 0.727. The minimum atomic E-state index is -0.140. The second-order valence-corrected chi connectivity index (χ2v) is 6.03. The van der Waals surface area contributed by atoms with Crippen LogP contribution in [0.25, 0.3) is 0 Å². The second-order valence-electron chi connectivity index (χ2n) is 6.03. The molecule has 96 valence electrons. The maximum atomic E-state index is 5.61. The summed E-state index contributed by atoms with van der Waals surface area (Å²) in [6, 6.07) is 0. The van der Waals surface area contributed by atoms with Crippen molar-refractivity contribution in [2.45, 2.75) is 52.6 Å². The van der Waals surface area contributed by atoms with Crippen molar-refractivity contribution in [2.75, 3.05) is 16.4 Å². The van der Waals surface area contributed by atoms with Crippen LogP contribution in [0.15, 0.2) is 0 Å². The maximum Gasteiger partial charge on any atom is 0.232 e. The van der Waals surface area contributed by atoms with Gasteiger partial charge in [-0.3, -0.25) is 0 Å². The standard InChI is InChI=1S/C11H22N6/c1-10(2,3)17(11(4,5)6)9-15-7(12)14-8(13)16-9/h1-6H3,(H4,12,13,14,15,16). The molecule has 0 unspecified atom stereocenters. The molecule has 0 aliphatic carbocycles. The average Bonchev–Trinajstić information content (AvgIpc) is 1.93. The van der Waals surface area contributed by atoms with E-state index in [0.29, 0.717) is 5.95 Å². The highest BCUT2D eigenvalue weighted by Crippen LogP contribution is 2.29. The Morgan fingerprint density at radius 3 is 1.41 bits per heavy atom. The molecule has 1 heterocycles. The Labute approximate surface area is 102 Å². The minimum Gasteiger partial charge on any atom is -0.368 e. The first-order valence-electron chi connectivity index (χ1n) is 5.59. The first kappa shape index (κ1) is 13.5. The Kier molecular flexibility index (Phi) is 3.18. The van der Waals surface area contributed by atoms with Crippen LogP contribution in [0.5, 0.6) is 0 Å². The van der Waals surface area contributed by atoms with Crippen LogP contribution in [0.1, 0.15) is 41.5 Å². The van der Waals surface area contributed by atoms with Crippen LogP contribution < -0.4 is 16.4 Å². The third kappa shape index (κ3) is 3.18. The molecule has 1 aromatic rings. The summed E-state index contributed by atoms with van der Waals surface area (Å²) in [6.45, 7) is 12.6. The summed E-state index contributed by atoms with van der Waals surface area (Å²) >= 11 is 0. The van der Waals surface area contributed by atoms with Gasteiger partial charge >= 0.3 is 0 Å². The molecule has 0 aliphatic heterocycles. The fourth-order valence-electron chi connectivity index (χ4n) is 2.10. The molecule has 6 nitrogen and oxygen atoms in total. The van der Waals surface area contributed by atoms with Gasteiger partial charge in [-0.1, -0.05) is 0 Å². The SMILES string of the molecule is CC(C)(C)N(c1nc(N)nc(N)n1)C(C)(C)C. The van der Waals surface area contributed by atoms with Crippen molar-refractivity contribution < 1.29 is 0 Å². The van der Waals surface area contributed by atoms with Gasteiger partial charge in [0.1, 0.15) is 0 Å². The number of rotatable bonds is 1. The summed E-state index contributed by atoms with van der Waals surface area (Å²) in [6.07, 6.45) is 0. The third-order valence-electron chi connectivity index (χ3n) is 2.20. The van der Waals surface area contributed by atoms with E-state index in [1.807, 2.05) is 0 Å². The molecule has 17 heavy (non-hydrogen) atoms. The zero-order valence-corrected chi connectivity index (χ0v) is 11.4. The minimum absolute atomic E-state index is 0.140. The van der Waals surface area contributed by atoms with Crippen LogP contribution in [0.4, 0.5) is 17.8 Å². The topological polar surface area (TPSA) is 94.0 Å². The van der Waals surface area contributed by atoms with Gasteiger partial charge in [-0.2, -0.15) is 15.0 Å². The van der Waals surface area contributed by atoms with E-state index in [2.05, 4.69) is 61.4 Å².